The van der Waals surface area contributed by atoms with E-state index < -0.39 is 12.1 Å². The van der Waals surface area contributed by atoms with Gasteiger partial charge in [-0.15, -0.1) is 0 Å². The molecule has 3 aromatic rings. The van der Waals surface area contributed by atoms with E-state index in [1.165, 1.54) is 6.08 Å². The Morgan fingerprint density at radius 1 is 1.14 bits per heavy atom. The number of hydrogen-bond donors (Lipinski definition) is 1. The lowest BCUT2D eigenvalue weighted by Gasteiger charge is -2.17. The molecule has 0 radical (unpaired) electrons. The minimum absolute atomic E-state index is 0.161. The third-order valence-corrected chi connectivity index (χ3v) is 5.65. The van der Waals surface area contributed by atoms with Gasteiger partial charge in [-0.3, -0.25) is 4.79 Å². The number of carbonyl (C=O) groups excluding carboxylic acids is 2. The number of hydrogen-bond acceptors (Lipinski definition) is 7. The third-order valence-electron chi connectivity index (χ3n) is 5.65. The zero-order valence-electron chi connectivity index (χ0n) is 19.9. The first kappa shape index (κ1) is 24.1. The summed E-state index contributed by atoms with van der Waals surface area (Å²) in [5, 5.41) is 6.83. The second-order valence-corrected chi connectivity index (χ2v) is 8.35. The summed E-state index contributed by atoms with van der Waals surface area (Å²) >= 11 is 0. The summed E-state index contributed by atoms with van der Waals surface area (Å²) in [6.07, 6.45) is 3.77. The topological polar surface area (TPSA) is 99.9 Å². The number of esters is 1. The Bertz CT molecular complexity index is 1190. The maximum Gasteiger partial charge on any atom is 0.331 e. The lowest BCUT2D eigenvalue weighted by atomic mass is 10.1. The maximum atomic E-state index is 12.7. The van der Waals surface area contributed by atoms with Crippen LogP contribution in [-0.4, -0.2) is 30.2 Å². The van der Waals surface area contributed by atoms with Crippen LogP contribution in [0, 0.1) is 13.8 Å². The van der Waals surface area contributed by atoms with E-state index >= 15 is 0 Å². The molecule has 1 aliphatic rings. The zero-order chi connectivity index (χ0) is 24.8. The van der Waals surface area contributed by atoms with Gasteiger partial charge in [-0.25, -0.2) is 4.79 Å². The van der Waals surface area contributed by atoms with Crippen molar-refractivity contribution in [2.75, 3.05) is 7.11 Å². The van der Waals surface area contributed by atoms with Gasteiger partial charge in [0.2, 0.25) is 6.10 Å². The van der Waals surface area contributed by atoms with E-state index in [0.29, 0.717) is 35.0 Å². The van der Waals surface area contributed by atoms with Gasteiger partial charge in [0.15, 0.2) is 11.5 Å². The van der Waals surface area contributed by atoms with Gasteiger partial charge in [-0.05, 0) is 50.5 Å². The third kappa shape index (κ3) is 6.29. The van der Waals surface area contributed by atoms with Crippen molar-refractivity contribution in [2.24, 2.45) is 0 Å². The van der Waals surface area contributed by atoms with Crippen LogP contribution in [0.1, 0.15) is 47.1 Å². The van der Waals surface area contributed by atoms with Crippen LogP contribution in [0.4, 0.5) is 0 Å². The van der Waals surface area contributed by atoms with Crippen molar-refractivity contribution in [2.45, 2.75) is 45.4 Å². The number of methoxy groups -OCH3 is 1. The van der Waals surface area contributed by atoms with Gasteiger partial charge in [0.1, 0.15) is 12.4 Å². The molecule has 1 N–H and O–H groups in total. The molecule has 182 valence electrons. The fraction of sp³-hybridized carbons (Fsp3) is 0.296. The number of nitrogens with one attached hydrogen (secondary N) is 1. The zero-order valence-corrected chi connectivity index (χ0v) is 19.9. The molecule has 4 rings (SSSR count). The van der Waals surface area contributed by atoms with Crippen LogP contribution >= 0.6 is 0 Å². The van der Waals surface area contributed by atoms with Gasteiger partial charge in [0, 0.05) is 17.7 Å². The molecule has 2 aromatic carbocycles. The van der Waals surface area contributed by atoms with E-state index in [-0.39, 0.29) is 11.9 Å². The predicted octanol–water partition coefficient (Wildman–Crippen LogP) is 4.46. The first-order valence-electron chi connectivity index (χ1n) is 11.4. The quantitative estimate of drug-likeness (QED) is 0.341. The summed E-state index contributed by atoms with van der Waals surface area (Å²) < 4.78 is 22.0. The molecule has 35 heavy (non-hydrogen) atoms. The van der Waals surface area contributed by atoms with Crippen LogP contribution in [0.3, 0.4) is 0 Å². The lowest BCUT2D eigenvalue weighted by Crippen LogP contribution is -2.33. The molecule has 0 aliphatic heterocycles. The molecule has 1 aromatic heterocycles. The SMILES string of the molecule is COc1cc(/C=C/C(=O)O[C@H](C(=O)NC2CC2)c2ccccc2)ccc1OCc1c(C)noc1C. The number of nitrogens with zero attached hydrogens (tertiary/aromatic N) is 1. The number of rotatable bonds is 10. The smallest absolute Gasteiger partial charge is 0.331 e. The highest BCUT2D eigenvalue weighted by Crippen LogP contribution is 2.30. The molecular formula is C27H28N2O6. The van der Waals surface area contributed by atoms with Gasteiger partial charge in [-0.1, -0.05) is 41.6 Å². The number of aromatic nitrogens is 1. The van der Waals surface area contributed by atoms with Gasteiger partial charge in [0.25, 0.3) is 5.91 Å². The second kappa shape index (κ2) is 10.9. The average Bonchev–Trinajstić information content (AvgIpc) is 3.63. The van der Waals surface area contributed by atoms with E-state index in [4.69, 9.17) is 18.7 Å². The fourth-order valence-electron chi connectivity index (χ4n) is 3.49. The Morgan fingerprint density at radius 2 is 1.91 bits per heavy atom. The van der Waals surface area contributed by atoms with Crippen molar-refractivity contribution >= 4 is 18.0 Å². The van der Waals surface area contributed by atoms with Gasteiger partial charge in [-0.2, -0.15) is 0 Å². The first-order chi connectivity index (χ1) is 16.9. The molecule has 1 saturated carbocycles. The van der Waals surface area contributed by atoms with Crippen LogP contribution in [0.15, 0.2) is 59.1 Å². The van der Waals surface area contributed by atoms with Crippen molar-refractivity contribution in [1.82, 2.24) is 10.5 Å². The number of amides is 1. The largest absolute Gasteiger partial charge is 0.493 e. The number of benzene rings is 2. The monoisotopic (exact) mass is 476 g/mol. The summed E-state index contributed by atoms with van der Waals surface area (Å²) in [4.78, 5) is 25.2. The maximum absolute atomic E-state index is 12.7. The molecule has 1 fully saturated rings. The number of aryl methyl sites for hydroxylation is 2. The number of carbonyl (C=O) groups is 2. The molecule has 1 aliphatic carbocycles. The van der Waals surface area contributed by atoms with Crippen molar-refractivity contribution in [3.63, 3.8) is 0 Å². The standard InChI is InChI=1S/C27H28N2O6/c1-17-22(18(2)35-29-17)16-33-23-13-9-19(15-24(23)32-3)10-14-25(30)34-26(20-7-5-4-6-8-20)27(31)28-21-11-12-21/h4-10,13-15,21,26H,11-12,16H2,1-3H3,(H,28,31)/b14-10+/t26-/m0/s1. The van der Waals surface area contributed by atoms with Crippen LogP contribution in [0.2, 0.25) is 0 Å². The van der Waals surface area contributed by atoms with Crippen LogP contribution in [-0.2, 0) is 20.9 Å². The highest BCUT2D eigenvalue weighted by atomic mass is 16.5. The minimum atomic E-state index is -1.01. The summed E-state index contributed by atoms with van der Waals surface area (Å²) in [6, 6.07) is 14.4. The summed E-state index contributed by atoms with van der Waals surface area (Å²) in [6.45, 7) is 3.99. The molecular weight excluding hydrogens is 448 g/mol. The summed E-state index contributed by atoms with van der Waals surface area (Å²) in [7, 11) is 1.54. The molecule has 1 heterocycles. The Balaban J connectivity index is 1.42. The van der Waals surface area contributed by atoms with Crippen molar-refractivity contribution in [1.29, 1.82) is 0 Å². The fourth-order valence-corrected chi connectivity index (χ4v) is 3.49. The molecule has 0 spiro atoms. The minimum Gasteiger partial charge on any atom is -0.493 e. The molecule has 8 nitrogen and oxygen atoms in total. The van der Waals surface area contributed by atoms with Gasteiger partial charge >= 0.3 is 5.97 Å². The van der Waals surface area contributed by atoms with Crippen molar-refractivity contribution in [3.8, 4) is 11.5 Å². The summed E-state index contributed by atoms with van der Waals surface area (Å²) in [5.41, 5.74) is 2.99. The predicted molar refractivity (Wildman–Crippen MR) is 129 cm³/mol. The first-order valence-corrected chi connectivity index (χ1v) is 11.4. The van der Waals surface area contributed by atoms with Gasteiger partial charge in [0.05, 0.1) is 18.4 Å². The van der Waals surface area contributed by atoms with Crippen LogP contribution < -0.4 is 14.8 Å². The lowest BCUT2D eigenvalue weighted by molar-refractivity contribution is -0.151. The Kier molecular flexibility index (Phi) is 7.50. The molecule has 0 saturated heterocycles. The molecule has 1 atom stereocenters. The average molecular weight is 477 g/mol. The Morgan fingerprint density at radius 3 is 2.57 bits per heavy atom. The molecule has 0 unspecified atom stereocenters. The van der Waals surface area contributed by atoms with Crippen molar-refractivity contribution in [3.05, 3.63) is 82.8 Å². The molecule has 1 amide bonds. The van der Waals surface area contributed by atoms with E-state index in [1.807, 2.05) is 19.9 Å². The second-order valence-electron chi connectivity index (χ2n) is 8.35. The Labute approximate surface area is 203 Å². The van der Waals surface area contributed by atoms with E-state index in [9.17, 15) is 9.59 Å². The van der Waals surface area contributed by atoms with Crippen molar-refractivity contribution < 1.29 is 28.3 Å². The van der Waals surface area contributed by atoms with Crippen LogP contribution in [0.25, 0.3) is 6.08 Å². The van der Waals surface area contributed by atoms with Gasteiger partial charge < -0.3 is 24.1 Å². The highest BCUT2D eigenvalue weighted by Gasteiger charge is 2.30. The summed E-state index contributed by atoms with van der Waals surface area (Å²) in [5.74, 6) is 0.829. The Hall–Kier alpha value is -4.07. The highest BCUT2D eigenvalue weighted by molar-refractivity contribution is 5.91. The van der Waals surface area contributed by atoms with E-state index in [1.54, 1.807) is 55.7 Å². The normalized spacial score (nSPS) is 13.9. The van der Waals surface area contributed by atoms with Crippen LogP contribution in [0.5, 0.6) is 11.5 Å². The van der Waals surface area contributed by atoms with E-state index in [2.05, 4.69) is 10.5 Å². The molecule has 0 bridgehead atoms. The van der Waals surface area contributed by atoms with E-state index in [0.717, 1.165) is 24.1 Å². The molecule has 8 heteroatoms. The number of ether oxygens (including phenoxy) is 3.